The first-order valence-corrected chi connectivity index (χ1v) is 6.28. The lowest BCUT2D eigenvalue weighted by Gasteiger charge is -2.19. The highest BCUT2D eigenvalue weighted by atomic mass is 35.5. The lowest BCUT2D eigenvalue weighted by molar-refractivity contribution is 0.607. The molecule has 0 amide bonds. The zero-order valence-electron chi connectivity index (χ0n) is 10.6. The van der Waals surface area contributed by atoms with Crippen LogP contribution in [-0.4, -0.2) is 12.0 Å². The second-order valence-corrected chi connectivity index (χ2v) is 4.69. The Balaban J connectivity index is 2.20. The summed E-state index contributed by atoms with van der Waals surface area (Å²) in [6, 6.07) is 8.51. The molecule has 0 fully saturated rings. The van der Waals surface area contributed by atoms with E-state index in [2.05, 4.69) is 4.98 Å². The maximum atomic E-state index is 13.6. The number of halogens is 2. The molecule has 2 aromatic rings. The van der Waals surface area contributed by atoms with Gasteiger partial charge in [0.15, 0.2) is 0 Å². The minimum absolute atomic E-state index is 0.220. The van der Waals surface area contributed by atoms with Crippen molar-refractivity contribution in [1.82, 2.24) is 4.98 Å². The Labute approximate surface area is 116 Å². The minimum atomic E-state index is -0.220. The molecule has 0 unspecified atom stereocenters. The van der Waals surface area contributed by atoms with Gasteiger partial charge in [-0.05, 0) is 17.7 Å². The molecule has 2 N–H and O–H groups in total. The van der Waals surface area contributed by atoms with Crippen molar-refractivity contribution in [3.63, 3.8) is 0 Å². The molecule has 1 heterocycles. The molecule has 100 valence electrons. The van der Waals surface area contributed by atoms with Crippen LogP contribution in [0, 0.1) is 5.82 Å². The van der Waals surface area contributed by atoms with Crippen molar-refractivity contribution in [2.45, 2.75) is 13.1 Å². The van der Waals surface area contributed by atoms with Gasteiger partial charge in [-0.1, -0.05) is 29.8 Å². The number of benzene rings is 1. The Bertz CT molecular complexity index is 574. The first-order chi connectivity index (χ1) is 9.11. The van der Waals surface area contributed by atoms with Crippen LogP contribution in [0.4, 0.5) is 10.2 Å². The van der Waals surface area contributed by atoms with Crippen LogP contribution >= 0.6 is 11.6 Å². The number of nitrogens with two attached hydrogens (primary N) is 1. The van der Waals surface area contributed by atoms with E-state index in [0.29, 0.717) is 29.5 Å². The second kappa shape index (κ2) is 5.99. The highest BCUT2D eigenvalue weighted by Crippen LogP contribution is 2.21. The summed E-state index contributed by atoms with van der Waals surface area (Å²) in [6.07, 6.45) is 1.57. The Kier molecular flexibility index (Phi) is 4.35. The Morgan fingerprint density at radius 1 is 1.32 bits per heavy atom. The summed E-state index contributed by atoms with van der Waals surface area (Å²) in [5, 5.41) is 0.547. The van der Waals surface area contributed by atoms with Crippen molar-refractivity contribution >= 4 is 17.4 Å². The maximum Gasteiger partial charge on any atom is 0.128 e. The quantitative estimate of drug-likeness (QED) is 0.936. The van der Waals surface area contributed by atoms with E-state index in [4.69, 9.17) is 17.3 Å². The fourth-order valence-electron chi connectivity index (χ4n) is 1.80. The molecule has 0 aliphatic carbocycles. The smallest absolute Gasteiger partial charge is 0.128 e. The van der Waals surface area contributed by atoms with Crippen LogP contribution < -0.4 is 10.6 Å². The SMILES string of the molecule is CN(Cc1ccccc1F)c1cc(CN)c(Cl)cn1. The van der Waals surface area contributed by atoms with E-state index in [9.17, 15) is 4.39 Å². The van der Waals surface area contributed by atoms with Crippen molar-refractivity contribution in [3.8, 4) is 0 Å². The predicted molar refractivity (Wildman–Crippen MR) is 75.6 cm³/mol. The second-order valence-electron chi connectivity index (χ2n) is 4.29. The fourth-order valence-corrected chi connectivity index (χ4v) is 1.98. The van der Waals surface area contributed by atoms with Gasteiger partial charge in [0.25, 0.3) is 0 Å². The number of nitrogens with zero attached hydrogens (tertiary/aromatic N) is 2. The van der Waals surface area contributed by atoms with Crippen molar-refractivity contribution < 1.29 is 4.39 Å². The maximum absolute atomic E-state index is 13.6. The van der Waals surface area contributed by atoms with E-state index in [1.54, 1.807) is 18.3 Å². The van der Waals surface area contributed by atoms with Gasteiger partial charge in [-0.15, -0.1) is 0 Å². The largest absolute Gasteiger partial charge is 0.355 e. The van der Waals surface area contributed by atoms with Crippen molar-refractivity contribution in [2.75, 3.05) is 11.9 Å². The molecule has 5 heteroatoms. The van der Waals surface area contributed by atoms with Crippen LogP contribution in [-0.2, 0) is 13.1 Å². The van der Waals surface area contributed by atoms with Crippen LogP contribution in [0.5, 0.6) is 0 Å². The summed E-state index contributed by atoms with van der Waals surface area (Å²) >= 11 is 5.97. The summed E-state index contributed by atoms with van der Waals surface area (Å²) < 4.78 is 13.6. The number of hydrogen-bond acceptors (Lipinski definition) is 3. The molecule has 2 rings (SSSR count). The molecule has 3 nitrogen and oxygen atoms in total. The lowest BCUT2D eigenvalue weighted by Crippen LogP contribution is -2.19. The molecule has 0 aliphatic rings. The number of anilines is 1. The first-order valence-electron chi connectivity index (χ1n) is 5.91. The highest BCUT2D eigenvalue weighted by molar-refractivity contribution is 6.31. The zero-order chi connectivity index (χ0) is 13.8. The van der Waals surface area contributed by atoms with Gasteiger partial charge in [0.05, 0.1) is 5.02 Å². The average molecular weight is 280 g/mol. The molecule has 19 heavy (non-hydrogen) atoms. The Hall–Kier alpha value is -1.65. The molecule has 0 bridgehead atoms. The van der Waals surface area contributed by atoms with E-state index in [0.717, 1.165) is 5.56 Å². The molecular weight excluding hydrogens is 265 g/mol. The predicted octanol–water partition coefficient (Wildman–Crippen LogP) is 2.97. The molecular formula is C14H15ClFN3. The number of aromatic nitrogens is 1. The van der Waals surface area contributed by atoms with Gasteiger partial charge in [0, 0.05) is 31.9 Å². The third kappa shape index (κ3) is 3.22. The van der Waals surface area contributed by atoms with Gasteiger partial charge >= 0.3 is 0 Å². The van der Waals surface area contributed by atoms with Crippen molar-refractivity contribution in [3.05, 3.63) is 58.5 Å². The topological polar surface area (TPSA) is 42.1 Å². The lowest BCUT2D eigenvalue weighted by atomic mass is 10.2. The Morgan fingerprint density at radius 3 is 2.74 bits per heavy atom. The van der Waals surface area contributed by atoms with Crippen LogP contribution in [0.1, 0.15) is 11.1 Å². The van der Waals surface area contributed by atoms with Gasteiger partial charge in [-0.3, -0.25) is 0 Å². The van der Waals surface area contributed by atoms with Gasteiger partial charge < -0.3 is 10.6 Å². The molecule has 0 atom stereocenters. The summed E-state index contributed by atoms with van der Waals surface area (Å²) in [4.78, 5) is 6.08. The van der Waals surface area contributed by atoms with Gasteiger partial charge in [-0.25, -0.2) is 9.37 Å². The summed E-state index contributed by atoms with van der Waals surface area (Å²) in [5.74, 6) is 0.496. The third-order valence-corrected chi connectivity index (χ3v) is 3.24. The van der Waals surface area contributed by atoms with Crippen LogP contribution in [0.2, 0.25) is 5.02 Å². The van der Waals surface area contributed by atoms with E-state index in [1.807, 2.05) is 24.1 Å². The normalized spacial score (nSPS) is 10.5. The zero-order valence-corrected chi connectivity index (χ0v) is 11.4. The molecule has 0 spiro atoms. The molecule has 0 saturated heterocycles. The van der Waals surface area contributed by atoms with Crippen molar-refractivity contribution in [1.29, 1.82) is 0 Å². The summed E-state index contributed by atoms with van der Waals surface area (Å²) in [6.45, 7) is 0.785. The summed E-state index contributed by atoms with van der Waals surface area (Å²) in [5.41, 5.74) is 7.05. The fraction of sp³-hybridized carbons (Fsp3) is 0.214. The minimum Gasteiger partial charge on any atom is -0.355 e. The molecule has 0 aliphatic heterocycles. The molecule has 0 radical (unpaired) electrons. The average Bonchev–Trinajstić information content (AvgIpc) is 2.42. The van der Waals surface area contributed by atoms with Crippen LogP contribution in [0.25, 0.3) is 0 Å². The third-order valence-electron chi connectivity index (χ3n) is 2.90. The number of hydrogen-bond donors (Lipinski definition) is 1. The highest BCUT2D eigenvalue weighted by Gasteiger charge is 2.09. The molecule has 1 aromatic heterocycles. The molecule has 0 saturated carbocycles. The molecule has 1 aromatic carbocycles. The van der Waals surface area contributed by atoms with Gasteiger partial charge in [0.2, 0.25) is 0 Å². The number of rotatable bonds is 4. The monoisotopic (exact) mass is 279 g/mol. The van der Waals surface area contributed by atoms with Crippen molar-refractivity contribution in [2.24, 2.45) is 5.73 Å². The summed E-state index contributed by atoms with van der Waals surface area (Å²) in [7, 11) is 1.85. The van der Waals surface area contributed by atoms with Crippen LogP contribution in [0.3, 0.4) is 0 Å². The standard InChI is InChI=1S/C14H15ClFN3/c1-19(9-10-4-2-3-5-13(10)16)14-6-11(7-17)12(15)8-18-14/h2-6,8H,7,9,17H2,1H3. The van der Waals surface area contributed by atoms with E-state index in [-0.39, 0.29) is 5.82 Å². The van der Waals surface area contributed by atoms with Crippen LogP contribution in [0.15, 0.2) is 36.5 Å². The number of pyridine rings is 1. The van der Waals surface area contributed by atoms with E-state index in [1.165, 1.54) is 6.07 Å². The van der Waals surface area contributed by atoms with Gasteiger partial charge in [0.1, 0.15) is 11.6 Å². The first kappa shape index (κ1) is 13.8. The van der Waals surface area contributed by atoms with E-state index >= 15 is 0 Å². The Morgan fingerprint density at radius 2 is 2.05 bits per heavy atom. The van der Waals surface area contributed by atoms with E-state index < -0.39 is 0 Å². The van der Waals surface area contributed by atoms with Gasteiger partial charge in [-0.2, -0.15) is 0 Å².